The second kappa shape index (κ2) is 12.0. The molecular weight excluding hydrogens is 645 g/mol. The van der Waals surface area contributed by atoms with E-state index in [1.807, 2.05) is 13.8 Å². The van der Waals surface area contributed by atoms with E-state index < -0.39 is 59.0 Å². The van der Waals surface area contributed by atoms with Gasteiger partial charge in [0.25, 0.3) is 0 Å². The maximum Gasteiger partial charge on any atom is 0.449 e. The third-order valence-corrected chi connectivity index (χ3v) is 14.1. The van der Waals surface area contributed by atoms with E-state index in [9.17, 15) is 13.2 Å². The molecule has 0 amide bonds. The van der Waals surface area contributed by atoms with Crippen LogP contribution in [0.4, 0.5) is 13.2 Å². The van der Waals surface area contributed by atoms with Crippen LogP contribution < -0.4 is 0 Å². The van der Waals surface area contributed by atoms with Gasteiger partial charge in [-0.1, -0.05) is 20.8 Å². The smallest absolute Gasteiger partial charge is 0.449 e. The molecule has 14 atom stereocenters. The molecule has 2 saturated carbocycles. The minimum atomic E-state index is -4.68. The van der Waals surface area contributed by atoms with E-state index in [4.69, 9.17) is 42.9 Å². The van der Waals surface area contributed by atoms with Gasteiger partial charge in [0.15, 0.2) is 23.5 Å². The molecule has 0 radical (unpaired) electrons. The molecule has 9 nitrogen and oxygen atoms in total. The lowest BCUT2D eigenvalue weighted by molar-refractivity contribution is -0.557. The van der Waals surface area contributed by atoms with Crippen molar-refractivity contribution in [2.75, 3.05) is 19.8 Å². The first-order valence-electron chi connectivity index (χ1n) is 18.9. The molecule has 6 saturated heterocycles. The number of ether oxygens (including phenoxy) is 7. The van der Waals surface area contributed by atoms with Crippen LogP contribution in [0.3, 0.4) is 0 Å². The van der Waals surface area contributed by atoms with E-state index in [0.717, 1.165) is 44.9 Å². The highest BCUT2D eigenvalue weighted by atomic mass is 19.4. The topological polar surface area (TPSA) is 83.1 Å². The lowest BCUT2D eigenvalue weighted by Crippen LogP contribution is -2.69. The predicted octanol–water partition coefficient (Wildman–Crippen LogP) is 7.92. The fraction of sp³-hybridized carbons (Fsp3) is 0.946. The van der Waals surface area contributed by atoms with Crippen molar-refractivity contribution >= 4 is 0 Å². The van der Waals surface area contributed by atoms with Gasteiger partial charge in [-0.25, -0.2) is 9.78 Å². The van der Waals surface area contributed by atoms with Gasteiger partial charge >= 0.3 is 6.18 Å². The van der Waals surface area contributed by atoms with Crippen LogP contribution in [0.15, 0.2) is 11.3 Å². The van der Waals surface area contributed by atoms with Gasteiger partial charge in [-0.15, -0.1) is 0 Å². The first-order valence-corrected chi connectivity index (χ1v) is 18.9. The Labute approximate surface area is 288 Å². The Hall–Kier alpha value is -0.990. The first-order chi connectivity index (χ1) is 23.1. The summed E-state index contributed by atoms with van der Waals surface area (Å²) in [6.07, 6.45) is 2.76. The molecule has 278 valence electrons. The van der Waals surface area contributed by atoms with Gasteiger partial charge in [0, 0.05) is 48.7 Å². The second-order valence-corrected chi connectivity index (χ2v) is 17.1. The van der Waals surface area contributed by atoms with Gasteiger partial charge in [-0.2, -0.15) is 13.2 Å². The normalized spacial score (nSPS) is 51.6. The molecule has 2 spiro atoms. The number of fused-ring (bicyclic) bond motifs is 3. The molecule has 9 rings (SSSR count). The Morgan fingerprint density at radius 2 is 1.39 bits per heavy atom. The molecule has 7 aliphatic heterocycles. The molecule has 7 heterocycles. The van der Waals surface area contributed by atoms with Crippen molar-refractivity contribution < 1.29 is 56.1 Å². The van der Waals surface area contributed by atoms with Crippen LogP contribution in [0, 0.1) is 41.4 Å². The van der Waals surface area contributed by atoms with Gasteiger partial charge in [0.1, 0.15) is 5.60 Å². The molecule has 49 heavy (non-hydrogen) atoms. The van der Waals surface area contributed by atoms with Crippen LogP contribution in [0.5, 0.6) is 0 Å². The van der Waals surface area contributed by atoms with E-state index >= 15 is 0 Å². The molecule has 2 aliphatic carbocycles. The summed E-state index contributed by atoms with van der Waals surface area (Å²) in [6.45, 7) is 13.1. The quantitative estimate of drug-likeness (QED) is 0.176. The van der Waals surface area contributed by atoms with Gasteiger partial charge in [0.05, 0.1) is 13.2 Å². The third-order valence-electron chi connectivity index (χ3n) is 14.1. The number of hydrogen-bond donors (Lipinski definition) is 0. The summed E-state index contributed by atoms with van der Waals surface area (Å²) in [5.74, 6) is -2.50. The summed E-state index contributed by atoms with van der Waals surface area (Å²) < 4.78 is 87.6. The number of hydrogen-bond acceptors (Lipinski definition) is 9. The second-order valence-electron chi connectivity index (χ2n) is 17.1. The van der Waals surface area contributed by atoms with Crippen molar-refractivity contribution in [2.24, 2.45) is 41.4 Å². The molecule has 12 heteroatoms. The summed E-state index contributed by atoms with van der Waals surface area (Å²) in [5, 5.41) is 0. The zero-order valence-electron chi connectivity index (χ0n) is 29.9. The summed E-state index contributed by atoms with van der Waals surface area (Å²) in [5.41, 5.74) is -1.44. The summed E-state index contributed by atoms with van der Waals surface area (Å²) >= 11 is 0. The Balaban J connectivity index is 0.866. The molecular formula is C37H55F3O9. The van der Waals surface area contributed by atoms with Gasteiger partial charge < -0.3 is 33.2 Å². The van der Waals surface area contributed by atoms with Crippen LogP contribution in [0.2, 0.25) is 0 Å². The Morgan fingerprint density at radius 3 is 2.14 bits per heavy atom. The first kappa shape index (κ1) is 35.1. The molecule has 0 aromatic carbocycles. The highest BCUT2D eigenvalue weighted by Gasteiger charge is 2.74. The summed E-state index contributed by atoms with van der Waals surface area (Å²) in [7, 11) is 0. The monoisotopic (exact) mass is 700 g/mol. The van der Waals surface area contributed by atoms with Gasteiger partial charge in [-0.05, 0) is 96.3 Å². The van der Waals surface area contributed by atoms with E-state index in [-0.39, 0.29) is 29.9 Å². The van der Waals surface area contributed by atoms with Crippen molar-refractivity contribution in [3.8, 4) is 0 Å². The van der Waals surface area contributed by atoms with Crippen molar-refractivity contribution in [3.05, 3.63) is 11.3 Å². The number of halogens is 3. The highest BCUT2D eigenvalue weighted by molar-refractivity contribution is 5.28. The fourth-order valence-corrected chi connectivity index (χ4v) is 11.3. The summed E-state index contributed by atoms with van der Waals surface area (Å²) in [6, 6.07) is 0. The number of allylic oxidation sites excluding steroid dienone is 1. The highest BCUT2D eigenvalue weighted by Crippen LogP contribution is 2.65. The van der Waals surface area contributed by atoms with Crippen LogP contribution in [0.1, 0.15) is 112 Å². The zero-order valence-corrected chi connectivity index (χ0v) is 29.9. The maximum absolute atomic E-state index is 14.5. The predicted molar refractivity (Wildman–Crippen MR) is 168 cm³/mol. The molecule has 9 aliphatic rings. The SMILES string of the molecule is C[C@@H]1CC[C@H]2[C@@H](C)[C@@](C)(OCCCCCOCC3=C(C(F)(F)F)O[C@@H]4O[C@]5(C)CC[C@H]6[C@H](C)CC[C@@H]3[C@@]46OO5)O[C@@H]3O[C@]4(C)CC[C@@H]1[C@]32O4. The average molecular weight is 701 g/mol. The molecule has 0 N–H and O–H groups in total. The zero-order chi connectivity index (χ0) is 34.6. The standard InChI is InChI=1S/C37H55F3O9/c1-21-10-12-27-23(3)34(6,46-31-35(27)25(21)14-16-32(4,45-31)47-35)42-19-9-7-8-18-41-20-24-28-13-11-22(2)26-15-17-33(5)44-30(36(26,28)49-48-33)43-29(24)37(38,39)40/h21-23,25-28,30-31H,7-20H2,1-6H3/t21-,22-,23-,25+,26+,27+,28+,30-,31+,32+,33+,34+,35-,36-/m1/s1. The lowest BCUT2D eigenvalue weighted by Gasteiger charge is -2.60. The van der Waals surface area contributed by atoms with Gasteiger partial charge in [-0.3, -0.25) is 0 Å². The van der Waals surface area contributed by atoms with Gasteiger partial charge in [0.2, 0.25) is 17.8 Å². The van der Waals surface area contributed by atoms with Crippen LogP contribution in [-0.2, 0) is 42.9 Å². The molecule has 8 fully saturated rings. The van der Waals surface area contributed by atoms with Crippen molar-refractivity contribution in [3.63, 3.8) is 0 Å². The third kappa shape index (κ3) is 5.38. The largest absolute Gasteiger partial charge is 0.456 e. The Kier molecular flexibility index (Phi) is 8.60. The van der Waals surface area contributed by atoms with E-state index in [1.54, 1.807) is 6.92 Å². The average Bonchev–Trinajstić information content (AvgIpc) is 3.13. The number of alkyl halides is 3. The van der Waals surface area contributed by atoms with Crippen molar-refractivity contribution in [1.29, 1.82) is 0 Å². The van der Waals surface area contributed by atoms with E-state index in [1.165, 1.54) is 6.42 Å². The van der Waals surface area contributed by atoms with E-state index in [2.05, 4.69) is 20.8 Å². The van der Waals surface area contributed by atoms with Crippen molar-refractivity contribution in [1.82, 2.24) is 0 Å². The Morgan fingerprint density at radius 1 is 0.714 bits per heavy atom. The Bertz CT molecular complexity index is 1310. The fourth-order valence-electron chi connectivity index (χ4n) is 11.3. The molecule has 0 unspecified atom stereocenters. The number of rotatable bonds is 9. The van der Waals surface area contributed by atoms with Crippen molar-refractivity contribution in [2.45, 2.75) is 159 Å². The van der Waals surface area contributed by atoms with E-state index in [0.29, 0.717) is 50.2 Å². The molecule has 0 aromatic heterocycles. The molecule has 4 bridgehead atoms. The maximum atomic E-state index is 14.5. The number of unbranched alkanes of at least 4 members (excludes halogenated alkanes) is 2. The summed E-state index contributed by atoms with van der Waals surface area (Å²) in [4.78, 5) is 11.8. The molecule has 0 aromatic rings. The van der Waals surface area contributed by atoms with Crippen LogP contribution in [0.25, 0.3) is 0 Å². The van der Waals surface area contributed by atoms with Crippen LogP contribution in [-0.4, -0.2) is 67.1 Å². The minimum Gasteiger partial charge on any atom is -0.456 e. The minimum absolute atomic E-state index is 0.0489. The van der Waals surface area contributed by atoms with Crippen LogP contribution >= 0.6 is 0 Å². The lowest BCUT2D eigenvalue weighted by atomic mass is 9.56.